The second kappa shape index (κ2) is 9.45. The molecule has 1 saturated heterocycles. The van der Waals surface area contributed by atoms with Gasteiger partial charge in [0.2, 0.25) is 10.0 Å². The fraction of sp³-hybridized carbons (Fsp3) is 0.667. The van der Waals surface area contributed by atoms with Crippen LogP contribution in [0.2, 0.25) is 0 Å². The van der Waals surface area contributed by atoms with Crippen molar-refractivity contribution in [2.45, 2.75) is 57.1 Å². The van der Waals surface area contributed by atoms with E-state index in [2.05, 4.69) is 19.2 Å². The molecule has 0 aromatic heterocycles. The van der Waals surface area contributed by atoms with E-state index in [1.54, 1.807) is 19.1 Å². The maximum Gasteiger partial charge on any atom is 0.261 e. The number of sulfonamides is 1. The van der Waals surface area contributed by atoms with Crippen molar-refractivity contribution < 1.29 is 22.7 Å². The summed E-state index contributed by atoms with van der Waals surface area (Å²) in [6, 6.07) is 6.43. The molecule has 0 radical (unpaired) electrons. The molecule has 0 bridgehead atoms. The second-order valence-corrected chi connectivity index (χ2v) is 10.1. The smallest absolute Gasteiger partial charge is 0.261 e. The molecule has 2 aliphatic rings. The quantitative estimate of drug-likeness (QED) is 0.758. The van der Waals surface area contributed by atoms with E-state index in [0.29, 0.717) is 43.9 Å². The molecule has 1 amide bonds. The summed E-state index contributed by atoms with van der Waals surface area (Å²) < 4.78 is 37.7. The van der Waals surface area contributed by atoms with E-state index in [0.717, 1.165) is 12.8 Å². The number of amides is 1. The Hall–Kier alpha value is -1.64. The molecule has 1 aliphatic carbocycles. The number of morpholine rings is 1. The van der Waals surface area contributed by atoms with Crippen LogP contribution in [0.5, 0.6) is 5.75 Å². The van der Waals surface area contributed by atoms with Gasteiger partial charge < -0.3 is 14.8 Å². The lowest BCUT2D eigenvalue weighted by Crippen LogP contribution is -2.48. The van der Waals surface area contributed by atoms with Crippen molar-refractivity contribution in [2.75, 3.05) is 26.3 Å². The van der Waals surface area contributed by atoms with E-state index >= 15 is 0 Å². The van der Waals surface area contributed by atoms with Crippen LogP contribution in [-0.4, -0.2) is 57.1 Å². The van der Waals surface area contributed by atoms with Gasteiger partial charge in [-0.15, -0.1) is 0 Å². The third kappa shape index (κ3) is 5.29. The lowest BCUT2D eigenvalue weighted by Gasteiger charge is -2.35. The van der Waals surface area contributed by atoms with Crippen LogP contribution in [0.4, 0.5) is 0 Å². The van der Waals surface area contributed by atoms with Gasteiger partial charge in [-0.2, -0.15) is 4.31 Å². The maximum absolute atomic E-state index is 12.7. The molecule has 1 saturated carbocycles. The molecule has 1 N–H and O–H groups in total. The average Bonchev–Trinajstić information content (AvgIpc) is 2.72. The molecule has 1 heterocycles. The first-order valence-corrected chi connectivity index (χ1v) is 11.9. The SMILES string of the molecule is C[C@@H]1[C@H](C)CCC[C@@H]1NC(=O)[C@@H](C)Oc1ccc(S(=O)(=O)N2CCOCC2)cc1. The highest BCUT2D eigenvalue weighted by Crippen LogP contribution is 2.29. The summed E-state index contributed by atoms with van der Waals surface area (Å²) in [5.74, 6) is 1.38. The van der Waals surface area contributed by atoms with Gasteiger partial charge in [0.1, 0.15) is 5.75 Å². The minimum Gasteiger partial charge on any atom is -0.481 e. The van der Waals surface area contributed by atoms with Crippen LogP contribution >= 0.6 is 0 Å². The van der Waals surface area contributed by atoms with Crippen molar-refractivity contribution in [3.05, 3.63) is 24.3 Å². The molecule has 29 heavy (non-hydrogen) atoms. The van der Waals surface area contributed by atoms with Crippen molar-refractivity contribution in [3.8, 4) is 5.75 Å². The predicted molar refractivity (Wildman–Crippen MR) is 110 cm³/mol. The molecular formula is C21H32N2O5S. The molecule has 1 aliphatic heterocycles. The summed E-state index contributed by atoms with van der Waals surface area (Å²) in [7, 11) is -3.54. The number of rotatable bonds is 6. The molecule has 0 unspecified atom stereocenters. The molecule has 1 aromatic rings. The first kappa shape index (κ1) is 22.1. The molecule has 7 nitrogen and oxygen atoms in total. The van der Waals surface area contributed by atoms with E-state index in [9.17, 15) is 13.2 Å². The zero-order valence-corrected chi connectivity index (χ0v) is 18.3. The molecule has 4 atom stereocenters. The second-order valence-electron chi connectivity index (χ2n) is 8.13. The molecular weight excluding hydrogens is 392 g/mol. The summed E-state index contributed by atoms with van der Waals surface area (Å²) >= 11 is 0. The highest BCUT2D eigenvalue weighted by Gasteiger charge is 2.30. The van der Waals surface area contributed by atoms with Crippen LogP contribution in [0.25, 0.3) is 0 Å². The van der Waals surface area contributed by atoms with Gasteiger partial charge in [0.15, 0.2) is 6.10 Å². The standard InChI is InChI=1S/C21H32N2O5S/c1-15-5-4-6-20(16(15)2)22-21(24)17(3)28-18-7-9-19(10-8-18)29(25,26)23-11-13-27-14-12-23/h7-10,15-17,20H,4-6,11-14H2,1-3H3,(H,22,24)/t15-,16-,17-,20+/m1/s1. The van der Waals surface area contributed by atoms with Crippen molar-refractivity contribution >= 4 is 15.9 Å². The van der Waals surface area contributed by atoms with E-state index in [4.69, 9.17) is 9.47 Å². The van der Waals surface area contributed by atoms with Crippen LogP contribution in [-0.2, 0) is 19.6 Å². The Morgan fingerprint density at radius 1 is 1.17 bits per heavy atom. The van der Waals surface area contributed by atoms with E-state index in [-0.39, 0.29) is 16.8 Å². The van der Waals surface area contributed by atoms with Crippen LogP contribution in [0.1, 0.15) is 40.0 Å². The Morgan fingerprint density at radius 3 is 2.48 bits per heavy atom. The van der Waals surface area contributed by atoms with Gasteiger partial charge in [0, 0.05) is 19.1 Å². The van der Waals surface area contributed by atoms with Crippen molar-refractivity contribution in [1.82, 2.24) is 9.62 Å². The third-order valence-electron chi connectivity index (χ3n) is 6.15. The fourth-order valence-electron chi connectivity index (χ4n) is 3.97. The average molecular weight is 425 g/mol. The first-order valence-electron chi connectivity index (χ1n) is 10.4. The highest BCUT2D eigenvalue weighted by atomic mass is 32.2. The van der Waals surface area contributed by atoms with Crippen molar-refractivity contribution in [2.24, 2.45) is 11.8 Å². The van der Waals surface area contributed by atoms with E-state index in [1.807, 2.05) is 0 Å². The van der Waals surface area contributed by atoms with Gasteiger partial charge in [-0.05, 0) is 49.4 Å². The third-order valence-corrected chi connectivity index (χ3v) is 8.06. The topological polar surface area (TPSA) is 84.9 Å². The number of hydrogen-bond acceptors (Lipinski definition) is 5. The number of hydrogen-bond donors (Lipinski definition) is 1. The first-order chi connectivity index (χ1) is 13.8. The zero-order valence-electron chi connectivity index (χ0n) is 17.5. The van der Waals surface area contributed by atoms with Crippen LogP contribution in [0.15, 0.2) is 29.2 Å². The van der Waals surface area contributed by atoms with Crippen LogP contribution in [0.3, 0.4) is 0 Å². The Morgan fingerprint density at radius 2 is 1.83 bits per heavy atom. The highest BCUT2D eigenvalue weighted by molar-refractivity contribution is 7.89. The number of nitrogens with zero attached hydrogens (tertiary/aromatic N) is 1. The van der Waals surface area contributed by atoms with Crippen molar-refractivity contribution in [1.29, 1.82) is 0 Å². The predicted octanol–water partition coefficient (Wildman–Crippen LogP) is 2.42. The molecule has 3 rings (SSSR count). The van der Waals surface area contributed by atoms with Crippen LogP contribution in [0, 0.1) is 11.8 Å². The zero-order chi connectivity index (χ0) is 21.0. The minimum absolute atomic E-state index is 0.138. The number of benzene rings is 1. The molecule has 8 heteroatoms. The molecule has 162 valence electrons. The lowest BCUT2D eigenvalue weighted by atomic mass is 9.78. The Bertz CT molecular complexity index is 790. The largest absolute Gasteiger partial charge is 0.481 e. The minimum atomic E-state index is -3.54. The summed E-state index contributed by atoms with van der Waals surface area (Å²) in [6.45, 7) is 7.66. The van der Waals surface area contributed by atoms with E-state index < -0.39 is 16.1 Å². The van der Waals surface area contributed by atoms with Gasteiger partial charge in [0.25, 0.3) is 5.91 Å². The fourth-order valence-corrected chi connectivity index (χ4v) is 5.38. The Kier molecular flexibility index (Phi) is 7.19. The van der Waals surface area contributed by atoms with Gasteiger partial charge in [-0.25, -0.2) is 8.42 Å². The Labute approximate surface area is 173 Å². The van der Waals surface area contributed by atoms with Gasteiger partial charge >= 0.3 is 0 Å². The van der Waals surface area contributed by atoms with Gasteiger partial charge in [0.05, 0.1) is 18.1 Å². The monoisotopic (exact) mass is 424 g/mol. The summed E-state index contributed by atoms with van der Waals surface area (Å²) in [4.78, 5) is 12.8. The number of carbonyl (C=O) groups is 1. The summed E-state index contributed by atoms with van der Waals surface area (Å²) in [5.41, 5.74) is 0. The normalized spacial score (nSPS) is 27.2. The number of ether oxygens (including phenoxy) is 2. The number of nitrogens with one attached hydrogen (secondary N) is 1. The van der Waals surface area contributed by atoms with Gasteiger partial charge in [-0.1, -0.05) is 26.7 Å². The van der Waals surface area contributed by atoms with Crippen LogP contribution < -0.4 is 10.1 Å². The van der Waals surface area contributed by atoms with Crippen molar-refractivity contribution in [3.63, 3.8) is 0 Å². The van der Waals surface area contributed by atoms with E-state index in [1.165, 1.54) is 22.9 Å². The Balaban J connectivity index is 1.58. The molecule has 1 aromatic carbocycles. The number of carbonyl (C=O) groups excluding carboxylic acids is 1. The summed E-state index contributed by atoms with van der Waals surface area (Å²) in [5, 5.41) is 3.12. The maximum atomic E-state index is 12.7. The lowest BCUT2D eigenvalue weighted by molar-refractivity contribution is -0.128. The molecule has 0 spiro atoms. The summed E-state index contributed by atoms with van der Waals surface area (Å²) in [6.07, 6.45) is 2.68. The molecule has 2 fully saturated rings. The van der Waals surface area contributed by atoms with Gasteiger partial charge in [-0.3, -0.25) is 4.79 Å².